The number of hydrogen-bond donors (Lipinski definition) is 1. The highest BCUT2D eigenvalue weighted by Gasteiger charge is 2.65. The van der Waals surface area contributed by atoms with Crippen LogP contribution >= 0.6 is 10.2 Å². The number of anilines is 1. The maximum atomic E-state index is 12.9. The molecule has 4 heterocycles. The van der Waals surface area contributed by atoms with E-state index in [2.05, 4.69) is 20.1 Å². The highest BCUT2D eigenvalue weighted by Crippen LogP contribution is 3.02. The molecule has 16 heteroatoms. The Morgan fingerprint density at radius 3 is 2.54 bits per heavy atom. The van der Waals surface area contributed by atoms with Gasteiger partial charge in [0, 0.05) is 13.0 Å². The molecule has 4 aromatic rings. The molecule has 35 heavy (non-hydrogen) atoms. The zero-order valence-electron chi connectivity index (χ0n) is 17.9. The highest BCUT2D eigenvalue weighted by atomic mass is 32.5. The van der Waals surface area contributed by atoms with Crippen LogP contribution in [0, 0.1) is 0 Å². The zero-order valence-corrected chi connectivity index (χ0v) is 18.8. The number of halogens is 5. The van der Waals surface area contributed by atoms with Crippen LogP contribution in [-0.4, -0.2) is 35.8 Å². The molecule has 0 radical (unpaired) electrons. The van der Waals surface area contributed by atoms with E-state index in [1.165, 1.54) is 10.9 Å². The van der Waals surface area contributed by atoms with Gasteiger partial charge in [0.1, 0.15) is 11.4 Å². The number of benzene rings is 1. The highest BCUT2D eigenvalue weighted by molar-refractivity contribution is 8.45. The van der Waals surface area contributed by atoms with Gasteiger partial charge in [0.05, 0.1) is 19.0 Å². The first kappa shape index (κ1) is 23.2. The SMILES string of the molecule is Cn1cnc2nc(N)n(Cc3nc([C@@H]4CO[C@@H](c5ccc(S(F)(F)(F)(F)F)cc5)C4)no3)c(=O)c21. The molecule has 2 atom stereocenters. The molecule has 10 nitrogen and oxygen atoms in total. The zero-order chi connectivity index (χ0) is 25.2. The summed E-state index contributed by atoms with van der Waals surface area (Å²) in [4.78, 5) is 23.2. The van der Waals surface area contributed by atoms with Crippen molar-refractivity contribution in [2.24, 2.45) is 7.05 Å². The minimum atomic E-state index is -9.74. The molecular formula is C19H18F5N7O3S. The maximum Gasteiger partial charge on any atom is 0.310 e. The van der Waals surface area contributed by atoms with E-state index in [1.54, 1.807) is 7.05 Å². The minimum Gasteiger partial charge on any atom is -0.373 e. The van der Waals surface area contributed by atoms with Gasteiger partial charge in [0.25, 0.3) is 5.56 Å². The summed E-state index contributed by atoms with van der Waals surface area (Å²) < 4.78 is 78.2. The largest absolute Gasteiger partial charge is 0.373 e. The number of imidazole rings is 1. The molecule has 1 saturated heterocycles. The lowest BCUT2D eigenvalue weighted by Crippen LogP contribution is -2.26. The number of fused-ring (bicyclic) bond motifs is 1. The normalized spacial score (nSPS) is 20.7. The molecule has 1 aromatic carbocycles. The number of nitrogens with zero attached hydrogens (tertiary/aromatic N) is 6. The molecular weight excluding hydrogens is 501 g/mol. The third kappa shape index (κ3) is 4.34. The molecule has 1 aliphatic heterocycles. The van der Waals surface area contributed by atoms with Crippen LogP contribution in [0.5, 0.6) is 0 Å². The summed E-state index contributed by atoms with van der Waals surface area (Å²) >= 11 is 0. The van der Waals surface area contributed by atoms with E-state index in [0.29, 0.717) is 24.1 Å². The summed E-state index contributed by atoms with van der Waals surface area (Å²) in [6, 6.07) is 2.65. The second kappa shape index (κ2) is 7.00. The van der Waals surface area contributed by atoms with Crippen molar-refractivity contribution >= 4 is 27.3 Å². The van der Waals surface area contributed by atoms with E-state index in [0.717, 1.165) is 16.7 Å². The van der Waals surface area contributed by atoms with Crippen LogP contribution in [-0.2, 0) is 18.3 Å². The molecule has 0 unspecified atom stereocenters. The standard InChI is InChI=1S/C19H18F5N7O3S/c1-30-9-26-17-15(30)18(32)31(19(25)28-17)7-14-27-16(29-34-14)11-6-13(33-8-11)10-2-4-12(5-3-10)35(20,21,22,23)24/h2-5,9,11,13H,6-8H2,1H3,(H2,25,28)/t11-,13+/m0/s1. The number of rotatable bonds is 5. The number of nitrogens with two attached hydrogens (primary N) is 1. The van der Waals surface area contributed by atoms with Crippen molar-refractivity contribution in [3.8, 4) is 0 Å². The van der Waals surface area contributed by atoms with E-state index in [9.17, 15) is 24.2 Å². The third-order valence-electron chi connectivity index (χ3n) is 5.70. The lowest BCUT2D eigenvalue weighted by Gasteiger charge is -2.40. The van der Waals surface area contributed by atoms with Gasteiger partial charge in [-0.15, -0.1) is 0 Å². The fourth-order valence-corrected chi connectivity index (χ4v) is 4.56. The molecule has 5 rings (SSSR count). The second-order valence-corrected chi connectivity index (χ2v) is 10.6. The van der Waals surface area contributed by atoms with Gasteiger partial charge < -0.3 is 19.6 Å². The topological polar surface area (TPSA) is 127 Å². The Bertz CT molecular complexity index is 1500. The number of hydrogen-bond acceptors (Lipinski definition) is 8. The fourth-order valence-electron chi connectivity index (χ4n) is 3.91. The van der Waals surface area contributed by atoms with E-state index in [-0.39, 0.29) is 47.9 Å². The van der Waals surface area contributed by atoms with Crippen LogP contribution in [0.4, 0.5) is 25.4 Å². The van der Waals surface area contributed by atoms with Gasteiger partial charge in [-0.25, -0.2) is 4.98 Å². The van der Waals surface area contributed by atoms with Gasteiger partial charge in [0.15, 0.2) is 17.0 Å². The van der Waals surface area contributed by atoms with Gasteiger partial charge >= 0.3 is 10.2 Å². The Kier molecular flexibility index (Phi) is 4.65. The lowest BCUT2D eigenvalue weighted by molar-refractivity contribution is 0.110. The Balaban J connectivity index is 1.32. The number of ether oxygens (including phenoxy) is 1. The molecule has 0 saturated carbocycles. The van der Waals surface area contributed by atoms with Crippen molar-refractivity contribution in [2.75, 3.05) is 12.3 Å². The van der Waals surface area contributed by atoms with Gasteiger partial charge in [-0.05, 0) is 24.1 Å². The third-order valence-corrected chi connectivity index (χ3v) is 6.86. The summed E-state index contributed by atoms with van der Waals surface area (Å²) in [5.41, 5.74) is 6.23. The Morgan fingerprint density at radius 2 is 1.86 bits per heavy atom. The van der Waals surface area contributed by atoms with Crippen molar-refractivity contribution in [1.82, 2.24) is 29.2 Å². The van der Waals surface area contributed by atoms with E-state index in [4.69, 9.17) is 15.0 Å². The molecule has 2 N–H and O–H groups in total. The summed E-state index contributed by atoms with van der Waals surface area (Å²) in [5.74, 6) is -0.0899. The van der Waals surface area contributed by atoms with Crippen molar-refractivity contribution in [1.29, 1.82) is 0 Å². The average molecular weight is 519 g/mol. The molecule has 188 valence electrons. The van der Waals surface area contributed by atoms with Crippen LogP contribution in [0.15, 0.2) is 44.8 Å². The predicted molar refractivity (Wildman–Crippen MR) is 114 cm³/mol. The van der Waals surface area contributed by atoms with Crippen LogP contribution in [0.2, 0.25) is 0 Å². The molecule has 0 aliphatic carbocycles. The average Bonchev–Trinajstić information content (AvgIpc) is 3.49. The molecule has 3 aromatic heterocycles. The van der Waals surface area contributed by atoms with Crippen LogP contribution in [0.25, 0.3) is 11.2 Å². The van der Waals surface area contributed by atoms with Crippen LogP contribution in [0.3, 0.4) is 0 Å². The molecule has 1 fully saturated rings. The van der Waals surface area contributed by atoms with Crippen molar-refractivity contribution < 1.29 is 28.7 Å². The molecule has 0 spiro atoms. The van der Waals surface area contributed by atoms with Gasteiger partial charge in [-0.1, -0.05) is 36.7 Å². The molecule has 0 bridgehead atoms. The maximum absolute atomic E-state index is 12.9. The first-order valence-corrected chi connectivity index (χ1v) is 12.1. The summed E-state index contributed by atoms with van der Waals surface area (Å²) in [7, 11) is -8.10. The summed E-state index contributed by atoms with van der Waals surface area (Å²) in [6.45, 7) is -0.00377. The predicted octanol–water partition coefficient (Wildman–Crippen LogP) is 4.05. The second-order valence-electron chi connectivity index (χ2n) is 8.23. The van der Waals surface area contributed by atoms with Gasteiger partial charge in [-0.3, -0.25) is 9.36 Å². The minimum absolute atomic E-state index is 0.0831. The smallest absolute Gasteiger partial charge is 0.310 e. The number of aromatic nitrogens is 6. The Hall–Kier alpha value is -3.53. The van der Waals surface area contributed by atoms with E-state index < -0.39 is 26.8 Å². The Morgan fingerprint density at radius 1 is 1.14 bits per heavy atom. The van der Waals surface area contributed by atoms with Crippen molar-refractivity contribution in [2.45, 2.75) is 29.9 Å². The first-order valence-electron chi connectivity index (χ1n) is 10.1. The van der Waals surface area contributed by atoms with Crippen LogP contribution < -0.4 is 11.3 Å². The quantitative estimate of drug-likeness (QED) is 0.392. The van der Waals surface area contributed by atoms with E-state index >= 15 is 0 Å². The number of nitrogen functional groups attached to an aromatic ring is 1. The molecule has 0 amide bonds. The summed E-state index contributed by atoms with van der Waals surface area (Å²) in [6.07, 6.45) is 1.09. The molecule has 1 aliphatic rings. The fraction of sp³-hybridized carbons (Fsp3) is 0.316. The van der Waals surface area contributed by atoms with Crippen LogP contribution in [0.1, 0.15) is 35.7 Å². The lowest BCUT2D eigenvalue weighted by atomic mass is 10.0. The van der Waals surface area contributed by atoms with Crippen molar-refractivity contribution in [3.63, 3.8) is 0 Å². The summed E-state index contributed by atoms with van der Waals surface area (Å²) in [5, 5.41) is 3.91. The van der Waals surface area contributed by atoms with Crippen molar-refractivity contribution in [3.05, 3.63) is 58.2 Å². The first-order chi connectivity index (χ1) is 16.2. The Labute approximate surface area is 193 Å². The number of aryl methyl sites for hydroxylation is 1. The van der Waals surface area contributed by atoms with Gasteiger partial charge in [0.2, 0.25) is 11.8 Å². The van der Waals surface area contributed by atoms with Gasteiger partial charge in [-0.2, -0.15) is 9.97 Å². The monoisotopic (exact) mass is 519 g/mol. The van der Waals surface area contributed by atoms with E-state index in [1.807, 2.05) is 0 Å².